The third-order valence-corrected chi connectivity index (χ3v) is 6.29. The van der Waals surface area contributed by atoms with E-state index < -0.39 is 16.1 Å². The Balaban J connectivity index is 1.68. The number of rotatable bonds is 7. The molecule has 1 N–H and O–H groups in total. The lowest BCUT2D eigenvalue weighted by Crippen LogP contribution is -2.41. The van der Waals surface area contributed by atoms with Gasteiger partial charge in [-0.15, -0.1) is 0 Å². The standard InChI is InChI=1S/C21H27N3O4S/c1-23(29(2,26)27)20(18-6-4-3-5-7-18)21(25)22-16-17-8-10-19(11-9-17)24-12-14-28-15-13-24/h3-11,20H,12-16H2,1-2H3,(H,22,25)/t20-/m0/s1. The molecule has 1 saturated heterocycles. The zero-order valence-electron chi connectivity index (χ0n) is 16.7. The summed E-state index contributed by atoms with van der Waals surface area (Å²) in [5.41, 5.74) is 2.70. The summed E-state index contributed by atoms with van der Waals surface area (Å²) in [6.07, 6.45) is 1.10. The minimum atomic E-state index is -3.54. The van der Waals surface area contributed by atoms with Gasteiger partial charge in [-0.25, -0.2) is 8.42 Å². The van der Waals surface area contributed by atoms with Crippen molar-refractivity contribution < 1.29 is 17.9 Å². The van der Waals surface area contributed by atoms with Crippen molar-refractivity contribution in [2.24, 2.45) is 0 Å². The van der Waals surface area contributed by atoms with Crippen molar-refractivity contribution in [1.29, 1.82) is 0 Å². The Labute approximate surface area is 172 Å². The van der Waals surface area contributed by atoms with E-state index >= 15 is 0 Å². The molecule has 1 heterocycles. The van der Waals surface area contributed by atoms with E-state index in [1.807, 2.05) is 30.3 Å². The summed E-state index contributed by atoms with van der Waals surface area (Å²) >= 11 is 0. The highest BCUT2D eigenvalue weighted by atomic mass is 32.2. The molecular formula is C21H27N3O4S. The Morgan fingerprint density at radius 2 is 1.72 bits per heavy atom. The third kappa shape index (κ3) is 5.56. The van der Waals surface area contributed by atoms with Crippen LogP contribution in [0.3, 0.4) is 0 Å². The van der Waals surface area contributed by atoms with E-state index in [0.29, 0.717) is 12.1 Å². The quantitative estimate of drug-likeness (QED) is 0.743. The van der Waals surface area contributed by atoms with Crippen LogP contribution in [0.25, 0.3) is 0 Å². The number of ether oxygens (including phenoxy) is 1. The first-order valence-electron chi connectivity index (χ1n) is 9.53. The summed E-state index contributed by atoms with van der Waals surface area (Å²) < 4.78 is 30.6. The highest BCUT2D eigenvalue weighted by molar-refractivity contribution is 7.88. The minimum Gasteiger partial charge on any atom is -0.378 e. The SMILES string of the molecule is CN([C@H](C(=O)NCc1ccc(N2CCOCC2)cc1)c1ccccc1)S(C)(=O)=O. The van der Waals surface area contributed by atoms with Crippen molar-refractivity contribution in [2.75, 3.05) is 44.5 Å². The summed E-state index contributed by atoms with van der Waals surface area (Å²) in [5.74, 6) is -0.360. The summed E-state index contributed by atoms with van der Waals surface area (Å²) in [7, 11) is -2.12. The van der Waals surface area contributed by atoms with Crippen molar-refractivity contribution in [3.05, 3.63) is 65.7 Å². The summed E-state index contributed by atoms with van der Waals surface area (Å²) in [6, 6.07) is 16.0. The smallest absolute Gasteiger partial charge is 0.243 e. The summed E-state index contributed by atoms with van der Waals surface area (Å²) in [6.45, 7) is 3.52. The number of nitrogens with zero attached hydrogens (tertiary/aromatic N) is 2. The van der Waals surface area contributed by atoms with E-state index in [0.717, 1.165) is 48.1 Å². The van der Waals surface area contributed by atoms with E-state index in [1.165, 1.54) is 7.05 Å². The molecule has 7 nitrogen and oxygen atoms in total. The van der Waals surface area contributed by atoms with Crippen molar-refractivity contribution in [1.82, 2.24) is 9.62 Å². The number of nitrogens with one attached hydrogen (secondary N) is 1. The second-order valence-corrected chi connectivity index (χ2v) is 9.12. The van der Waals surface area contributed by atoms with Gasteiger partial charge in [0.15, 0.2) is 0 Å². The van der Waals surface area contributed by atoms with Crippen LogP contribution in [-0.4, -0.2) is 58.2 Å². The fourth-order valence-electron chi connectivity index (χ4n) is 3.29. The normalized spacial score (nSPS) is 15.9. The molecule has 1 atom stereocenters. The molecule has 0 radical (unpaired) electrons. The van der Waals surface area contributed by atoms with Crippen molar-refractivity contribution in [2.45, 2.75) is 12.6 Å². The van der Waals surface area contributed by atoms with Gasteiger partial charge in [0.1, 0.15) is 6.04 Å². The first-order valence-corrected chi connectivity index (χ1v) is 11.4. The fourth-order valence-corrected chi connectivity index (χ4v) is 3.89. The van der Waals surface area contributed by atoms with E-state index in [-0.39, 0.29) is 5.91 Å². The predicted molar refractivity (Wildman–Crippen MR) is 113 cm³/mol. The molecular weight excluding hydrogens is 390 g/mol. The molecule has 8 heteroatoms. The van der Waals surface area contributed by atoms with Gasteiger partial charge in [-0.2, -0.15) is 4.31 Å². The van der Waals surface area contributed by atoms with Crippen LogP contribution in [-0.2, 0) is 26.1 Å². The second-order valence-electron chi connectivity index (χ2n) is 7.08. The monoisotopic (exact) mass is 417 g/mol. The van der Waals surface area contributed by atoms with E-state index in [2.05, 4.69) is 10.2 Å². The second kappa shape index (κ2) is 9.39. The molecule has 0 saturated carbocycles. The van der Waals surface area contributed by atoms with Gasteiger partial charge < -0.3 is 15.0 Å². The lowest BCUT2D eigenvalue weighted by molar-refractivity contribution is -0.124. The molecule has 0 spiro atoms. The number of hydrogen-bond acceptors (Lipinski definition) is 5. The van der Waals surface area contributed by atoms with Gasteiger partial charge in [-0.3, -0.25) is 4.79 Å². The molecule has 29 heavy (non-hydrogen) atoms. The average molecular weight is 418 g/mol. The molecule has 156 valence electrons. The van der Waals surface area contributed by atoms with Crippen LogP contribution in [0.1, 0.15) is 17.2 Å². The molecule has 2 aromatic carbocycles. The van der Waals surface area contributed by atoms with Gasteiger partial charge in [-0.05, 0) is 23.3 Å². The molecule has 0 unspecified atom stereocenters. The Morgan fingerprint density at radius 1 is 1.10 bits per heavy atom. The van der Waals surface area contributed by atoms with Crippen molar-refractivity contribution in [3.8, 4) is 0 Å². The number of carbonyl (C=O) groups excluding carboxylic acids is 1. The Morgan fingerprint density at radius 3 is 2.31 bits per heavy atom. The molecule has 0 aromatic heterocycles. The van der Waals surface area contributed by atoms with Gasteiger partial charge in [0, 0.05) is 32.4 Å². The number of carbonyl (C=O) groups is 1. The van der Waals surface area contributed by atoms with Gasteiger partial charge >= 0.3 is 0 Å². The fraction of sp³-hybridized carbons (Fsp3) is 0.381. The molecule has 3 rings (SSSR count). The highest BCUT2D eigenvalue weighted by Crippen LogP contribution is 2.22. The topological polar surface area (TPSA) is 79.0 Å². The van der Waals surface area contributed by atoms with Crippen LogP contribution in [0.4, 0.5) is 5.69 Å². The molecule has 1 aliphatic rings. The number of hydrogen-bond donors (Lipinski definition) is 1. The van der Waals surface area contributed by atoms with Crippen LogP contribution in [0.5, 0.6) is 0 Å². The number of morpholine rings is 1. The van der Waals surface area contributed by atoms with Crippen molar-refractivity contribution >= 4 is 21.6 Å². The number of sulfonamides is 1. The lowest BCUT2D eigenvalue weighted by atomic mass is 10.1. The van der Waals surface area contributed by atoms with Gasteiger partial charge in [0.25, 0.3) is 0 Å². The van der Waals surface area contributed by atoms with Crippen molar-refractivity contribution in [3.63, 3.8) is 0 Å². The van der Waals surface area contributed by atoms with Crippen LogP contribution < -0.4 is 10.2 Å². The van der Waals surface area contributed by atoms with Crippen LogP contribution in [0.2, 0.25) is 0 Å². The zero-order chi connectivity index (χ0) is 20.9. The van der Waals surface area contributed by atoms with Gasteiger partial charge in [0.2, 0.25) is 15.9 Å². The molecule has 2 aromatic rings. The maximum atomic E-state index is 12.9. The van der Waals surface area contributed by atoms with Crippen LogP contribution in [0.15, 0.2) is 54.6 Å². The van der Waals surface area contributed by atoms with E-state index in [4.69, 9.17) is 4.74 Å². The van der Waals surface area contributed by atoms with Crippen LogP contribution >= 0.6 is 0 Å². The Bertz CT molecular complexity index is 911. The Hall–Kier alpha value is -2.42. The molecule has 0 aliphatic carbocycles. The van der Waals surface area contributed by atoms with Gasteiger partial charge in [-0.1, -0.05) is 42.5 Å². The van der Waals surface area contributed by atoms with Gasteiger partial charge in [0.05, 0.1) is 19.5 Å². The first-order chi connectivity index (χ1) is 13.9. The molecule has 1 fully saturated rings. The highest BCUT2D eigenvalue weighted by Gasteiger charge is 2.30. The molecule has 1 aliphatic heterocycles. The van der Waals surface area contributed by atoms with E-state index in [9.17, 15) is 13.2 Å². The maximum Gasteiger partial charge on any atom is 0.243 e. The van der Waals surface area contributed by atoms with E-state index in [1.54, 1.807) is 24.3 Å². The predicted octanol–water partition coefficient (Wildman–Crippen LogP) is 1.77. The molecule has 0 bridgehead atoms. The lowest BCUT2D eigenvalue weighted by Gasteiger charge is -2.29. The maximum absolute atomic E-state index is 12.9. The summed E-state index contributed by atoms with van der Waals surface area (Å²) in [4.78, 5) is 15.1. The minimum absolute atomic E-state index is 0.323. The number of amides is 1. The Kier molecular flexibility index (Phi) is 6.89. The average Bonchev–Trinajstić information content (AvgIpc) is 2.73. The first kappa shape index (κ1) is 21.3. The molecule has 1 amide bonds. The number of likely N-dealkylation sites (N-methyl/N-ethyl adjacent to an activating group) is 1. The number of anilines is 1. The van der Waals surface area contributed by atoms with Crippen LogP contribution in [0, 0.1) is 0 Å². The largest absolute Gasteiger partial charge is 0.378 e. The third-order valence-electron chi connectivity index (χ3n) is 5.03. The zero-order valence-corrected chi connectivity index (χ0v) is 17.6. The summed E-state index contributed by atoms with van der Waals surface area (Å²) in [5, 5.41) is 2.87. The number of benzene rings is 2.